The van der Waals surface area contributed by atoms with Crippen molar-refractivity contribution >= 4 is 31.9 Å². The monoisotopic (exact) mass is 447 g/mol. The maximum absolute atomic E-state index is 12.7. The van der Waals surface area contributed by atoms with Crippen LogP contribution in [0.25, 0.3) is 0 Å². The van der Waals surface area contributed by atoms with Crippen LogP contribution in [0.5, 0.6) is 0 Å². The van der Waals surface area contributed by atoms with Gasteiger partial charge in [0, 0.05) is 10.5 Å². The van der Waals surface area contributed by atoms with Gasteiger partial charge in [-0.1, -0.05) is 12.1 Å². The second kappa shape index (κ2) is 7.80. The van der Waals surface area contributed by atoms with Gasteiger partial charge < -0.3 is 5.32 Å². The average Bonchev–Trinajstić information content (AvgIpc) is 3.45. The average molecular weight is 448 g/mol. The van der Waals surface area contributed by atoms with Gasteiger partial charge in [-0.2, -0.15) is 5.26 Å². The molecule has 1 amide bonds. The minimum atomic E-state index is -3.64. The Labute approximate surface area is 166 Å². The molecule has 1 saturated carbocycles. The van der Waals surface area contributed by atoms with Gasteiger partial charge >= 0.3 is 0 Å². The minimum absolute atomic E-state index is 0.00710. The molecule has 6 nitrogen and oxygen atoms in total. The van der Waals surface area contributed by atoms with Crippen LogP contribution in [-0.4, -0.2) is 20.4 Å². The lowest BCUT2D eigenvalue weighted by Crippen LogP contribution is -2.28. The summed E-state index contributed by atoms with van der Waals surface area (Å²) in [6.45, 7) is 1.82. The van der Waals surface area contributed by atoms with E-state index in [-0.39, 0.29) is 28.4 Å². The van der Waals surface area contributed by atoms with Gasteiger partial charge in [-0.3, -0.25) is 4.79 Å². The van der Waals surface area contributed by atoms with Crippen molar-refractivity contribution in [3.8, 4) is 6.07 Å². The van der Waals surface area contributed by atoms with E-state index < -0.39 is 10.0 Å². The first-order valence-electron chi connectivity index (χ1n) is 8.43. The van der Waals surface area contributed by atoms with E-state index in [1.54, 1.807) is 30.3 Å². The van der Waals surface area contributed by atoms with Crippen LogP contribution in [0.15, 0.2) is 51.8 Å². The predicted molar refractivity (Wildman–Crippen MR) is 105 cm³/mol. The summed E-state index contributed by atoms with van der Waals surface area (Å²) in [7, 11) is -3.64. The Bertz CT molecular complexity index is 1010. The summed E-state index contributed by atoms with van der Waals surface area (Å²) in [5.74, 6) is -0.387. The van der Waals surface area contributed by atoms with Crippen LogP contribution >= 0.6 is 15.9 Å². The molecular formula is C19H18BrN3O3S. The van der Waals surface area contributed by atoms with Crippen LogP contribution in [0.3, 0.4) is 0 Å². The molecule has 2 aromatic rings. The number of benzene rings is 2. The molecule has 8 heteroatoms. The van der Waals surface area contributed by atoms with E-state index in [2.05, 4.69) is 26.0 Å². The fourth-order valence-corrected chi connectivity index (χ4v) is 4.30. The number of halogens is 1. The number of hydrogen-bond acceptors (Lipinski definition) is 4. The highest BCUT2D eigenvalue weighted by molar-refractivity contribution is 9.10. The fraction of sp³-hybridized carbons (Fsp3) is 0.263. The molecule has 0 saturated heterocycles. The largest absolute Gasteiger partial charge is 0.345 e. The number of sulfonamides is 1. The first-order chi connectivity index (χ1) is 12.8. The SMILES string of the molecule is CC(NC(=O)c1cc(S(=O)(=O)NC2CC2)ccc1Br)c1ccc(C#N)cc1. The van der Waals surface area contributed by atoms with Crippen LogP contribution in [0, 0.1) is 11.3 Å². The molecule has 2 aromatic carbocycles. The van der Waals surface area contributed by atoms with Crippen LogP contribution in [0.2, 0.25) is 0 Å². The lowest BCUT2D eigenvalue weighted by Gasteiger charge is -2.16. The first kappa shape index (κ1) is 19.5. The molecular weight excluding hydrogens is 430 g/mol. The number of carbonyl (C=O) groups excluding carboxylic acids is 1. The van der Waals surface area contributed by atoms with E-state index in [4.69, 9.17) is 5.26 Å². The normalized spacial score (nSPS) is 15.0. The minimum Gasteiger partial charge on any atom is -0.345 e. The highest BCUT2D eigenvalue weighted by Crippen LogP contribution is 2.25. The molecule has 0 heterocycles. The van der Waals surface area contributed by atoms with E-state index in [0.717, 1.165) is 18.4 Å². The Morgan fingerprint density at radius 3 is 2.48 bits per heavy atom. The Morgan fingerprint density at radius 1 is 1.22 bits per heavy atom. The zero-order valence-electron chi connectivity index (χ0n) is 14.6. The summed E-state index contributed by atoms with van der Waals surface area (Å²) >= 11 is 3.31. The van der Waals surface area contributed by atoms with E-state index in [9.17, 15) is 13.2 Å². The Hall–Kier alpha value is -2.21. The predicted octanol–water partition coefficient (Wildman–Crippen LogP) is 3.25. The highest BCUT2D eigenvalue weighted by Gasteiger charge is 2.28. The number of hydrogen-bond donors (Lipinski definition) is 2. The molecule has 1 aliphatic rings. The number of amides is 1. The van der Waals surface area contributed by atoms with Gasteiger partial charge in [0.1, 0.15) is 0 Å². The lowest BCUT2D eigenvalue weighted by molar-refractivity contribution is 0.0939. The van der Waals surface area contributed by atoms with Crippen molar-refractivity contribution in [2.45, 2.75) is 36.7 Å². The standard InChI is InChI=1S/C19H18BrN3O3S/c1-12(14-4-2-13(11-21)3-5-14)22-19(24)17-10-16(8-9-18(17)20)27(25,26)23-15-6-7-15/h2-5,8-10,12,15,23H,6-7H2,1H3,(H,22,24). The Kier molecular flexibility index (Phi) is 5.65. The molecule has 140 valence electrons. The van der Waals surface area contributed by atoms with Crippen LogP contribution in [0.4, 0.5) is 0 Å². The van der Waals surface area contributed by atoms with Crippen molar-refractivity contribution in [2.24, 2.45) is 0 Å². The summed E-state index contributed by atoms with van der Waals surface area (Å²) in [5, 5.41) is 11.7. The van der Waals surface area contributed by atoms with Gasteiger partial charge in [0.05, 0.1) is 28.1 Å². The van der Waals surface area contributed by atoms with E-state index in [1.807, 2.05) is 13.0 Å². The second-order valence-corrected chi connectivity index (χ2v) is 9.03. The smallest absolute Gasteiger partial charge is 0.252 e. The Morgan fingerprint density at radius 2 is 1.89 bits per heavy atom. The number of nitrogens with one attached hydrogen (secondary N) is 2. The maximum atomic E-state index is 12.7. The van der Waals surface area contributed by atoms with Crippen molar-refractivity contribution in [1.29, 1.82) is 5.26 Å². The third kappa shape index (κ3) is 4.75. The van der Waals surface area contributed by atoms with Crippen molar-refractivity contribution in [3.05, 3.63) is 63.6 Å². The second-order valence-electron chi connectivity index (χ2n) is 6.47. The van der Waals surface area contributed by atoms with Crippen molar-refractivity contribution in [1.82, 2.24) is 10.0 Å². The van der Waals surface area contributed by atoms with Gasteiger partial charge in [-0.05, 0) is 71.6 Å². The maximum Gasteiger partial charge on any atom is 0.252 e. The van der Waals surface area contributed by atoms with E-state index >= 15 is 0 Å². The van der Waals surface area contributed by atoms with Gasteiger partial charge in [-0.25, -0.2) is 13.1 Å². The zero-order valence-corrected chi connectivity index (χ0v) is 17.0. The third-order valence-electron chi connectivity index (χ3n) is 4.28. The topological polar surface area (TPSA) is 99.1 Å². The van der Waals surface area contributed by atoms with Gasteiger partial charge in [0.15, 0.2) is 0 Å². The van der Waals surface area contributed by atoms with Crippen LogP contribution in [-0.2, 0) is 10.0 Å². The third-order valence-corrected chi connectivity index (χ3v) is 6.49. The van der Waals surface area contributed by atoms with Gasteiger partial charge in [0.2, 0.25) is 10.0 Å². The molecule has 27 heavy (non-hydrogen) atoms. The molecule has 0 aliphatic heterocycles. The summed E-state index contributed by atoms with van der Waals surface area (Å²) in [6.07, 6.45) is 1.68. The van der Waals surface area contributed by atoms with Gasteiger partial charge in [-0.15, -0.1) is 0 Å². The molecule has 0 aromatic heterocycles. The quantitative estimate of drug-likeness (QED) is 0.709. The summed E-state index contributed by atoms with van der Waals surface area (Å²) in [5.41, 5.74) is 1.63. The number of nitriles is 1. The molecule has 0 radical (unpaired) electrons. The number of nitrogens with zero attached hydrogens (tertiary/aromatic N) is 1. The molecule has 1 atom stereocenters. The summed E-state index contributed by atoms with van der Waals surface area (Å²) in [4.78, 5) is 12.7. The first-order valence-corrected chi connectivity index (χ1v) is 10.7. The van der Waals surface area contributed by atoms with Crippen LogP contribution in [0.1, 0.15) is 47.3 Å². The van der Waals surface area contributed by atoms with E-state index in [0.29, 0.717) is 10.0 Å². The highest BCUT2D eigenvalue weighted by atomic mass is 79.9. The molecule has 1 aliphatic carbocycles. The molecule has 3 rings (SSSR count). The fourth-order valence-electron chi connectivity index (χ4n) is 2.54. The Balaban J connectivity index is 1.79. The summed E-state index contributed by atoms with van der Waals surface area (Å²) < 4.78 is 27.9. The van der Waals surface area contributed by atoms with Gasteiger partial charge in [0.25, 0.3) is 5.91 Å². The molecule has 2 N–H and O–H groups in total. The zero-order chi connectivity index (χ0) is 19.6. The molecule has 1 fully saturated rings. The molecule has 0 spiro atoms. The number of carbonyl (C=O) groups is 1. The lowest BCUT2D eigenvalue weighted by atomic mass is 10.1. The molecule has 1 unspecified atom stereocenters. The van der Waals surface area contributed by atoms with Crippen molar-refractivity contribution in [2.75, 3.05) is 0 Å². The summed E-state index contributed by atoms with van der Waals surface area (Å²) in [6, 6.07) is 13.1. The molecule has 0 bridgehead atoms. The van der Waals surface area contributed by atoms with Crippen LogP contribution < -0.4 is 10.0 Å². The number of rotatable bonds is 6. The van der Waals surface area contributed by atoms with Crippen molar-refractivity contribution in [3.63, 3.8) is 0 Å². The van der Waals surface area contributed by atoms with Crippen molar-refractivity contribution < 1.29 is 13.2 Å². The van der Waals surface area contributed by atoms with E-state index in [1.165, 1.54) is 12.1 Å².